The normalized spacial score (nSPS) is 13.3. The first-order valence-corrected chi connectivity index (χ1v) is 11.5. The molecule has 0 radical (unpaired) electrons. The zero-order valence-electron chi connectivity index (χ0n) is 11.6. The van der Waals surface area contributed by atoms with Crippen molar-refractivity contribution in [1.82, 2.24) is 0 Å². The van der Waals surface area contributed by atoms with Gasteiger partial charge in [-0.05, 0) is 34.8 Å². The summed E-state index contributed by atoms with van der Waals surface area (Å²) < 4.78 is 19.9. The van der Waals surface area contributed by atoms with Gasteiger partial charge in [0, 0.05) is 4.90 Å². The summed E-state index contributed by atoms with van der Waals surface area (Å²) in [7, 11) is -0.765. The zero-order chi connectivity index (χ0) is 14.0. The van der Waals surface area contributed by atoms with Gasteiger partial charge in [-0.1, -0.05) is 25.7 Å². The first-order valence-electron chi connectivity index (χ1n) is 6.08. The molecule has 19 heavy (non-hydrogen) atoms. The van der Waals surface area contributed by atoms with Crippen molar-refractivity contribution in [1.29, 1.82) is 0 Å². The third-order valence-electron chi connectivity index (χ3n) is 2.78. The number of benzene rings is 1. The Morgan fingerprint density at radius 3 is 2.16 bits per heavy atom. The molecule has 1 aromatic carbocycles. The van der Waals surface area contributed by atoms with Crippen molar-refractivity contribution in [3.8, 4) is 5.75 Å². The molecule has 0 amide bonds. The van der Waals surface area contributed by atoms with Crippen LogP contribution >= 0.6 is 11.3 Å². The van der Waals surface area contributed by atoms with Crippen molar-refractivity contribution >= 4 is 34.7 Å². The second-order valence-electron chi connectivity index (χ2n) is 5.31. The van der Waals surface area contributed by atoms with E-state index in [1.165, 1.54) is 4.50 Å². The van der Waals surface area contributed by atoms with Crippen molar-refractivity contribution < 1.29 is 8.95 Å². The van der Waals surface area contributed by atoms with Gasteiger partial charge in [-0.15, -0.1) is 11.3 Å². The lowest BCUT2D eigenvalue weighted by Gasteiger charge is -2.12. The highest BCUT2D eigenvalue weighted by molar-refractivity contribution is 7.87. The van der Waals surface area contributed by atoms with Gasteiger partial charge in [0.1, 0.15) is 5.75 Å². The number of thiophene rings is 1. The van der Waals surface area contributed by atoms with Crippen LogP contribution in [0.15, 0.2) is 45.5 Å². The number of rotatable bonds is 4. The molecule has 0 N–H and O–H groups in total. The molecule has 1 unspecified atom stereocenters. The van der Waals surface area contributed by atoms with E-state index in [0.29, 0.717) is 0 Å². The van der Waals surface area contributed by atoms with Gasteiger partial charge in [-0.25, -0.2) is 4.21 Å². The summed E-state index contributed by atoms with van der Waals surface area (Å²) in [6, 6.07) is 11.6. The van der Waals surface area contributed by atoms with Crippen molar-refractivity contribution in [2.24, 2.45) is 0 Å². The average molecular weight is 311 g/mol. The lowest BCUT2D eigenvalue weighted by molar-refractivity contribution is 0.414. The highest BCUT2D eigenvalue weighted by atomic mass is 32.2. The van der Waals surface area contributed by atoms with Crippen LogP contribution in [0.4, 0.5) is 0 Å². The molecule has 0 saturated heterocycles. The molecular weight excluding hydrogens is 292 g/mol. The molecule has 5 heteroatoms. The molecule has 1 atom stereocenters. The fraction of sp³-hybridized carbons (Fsp3) is 0.286. The van der Waals surface area contributed by atoms with Crippen LogP contribution in [0, 0.1) is 0 Å². The number of methoxy groups -OCH3 is 1. The summed E-state index contributed by atoms with van der Waals surface area (Å²) in [4.78, 5) is 0.824. The molecule has 102 valence electrons. The quantitative estimate of drug-likeness (QED) is 0.808. The van der Waals surface area contributed by atoms with Gasteiger partial charge in [-0.3, -0.25) is 0 Å². The summed E-state index contributed by atoms with van der Waals surface area (Å²) >= 11 is 1.68. The Bertz CT molecular complexity index is 582. The van der Waals surface area contributed by atoms with Crippen molar-refractivity contribution in [2.45, 2.75) is 28.7 Å². The monoisotopic (exact) mass is 310 g/mol. The van der Waals surface area contributed by atoms with E-state index >= 15 is 0 Å². The Balaban J connectivity index is 2.26. The molecule has 0 spiro atoms. The zero-order valence-corrected chi connectivity index (χ0v) is 14.2. The average Bonchev–Trinajstić information content (AvgIpc) is 2.87. The summed E-state index contributed by atoms with van der Waals surface area (Å²) in [6.45, 7) is 6.91. The van der Waals surface area contributed by atoms with Gasteiger partial charge in [0.2, 0.25) is 0 Å². The van der Waals surface area contributed by atoms with Gasteiger partial charge >= 0.3 is 0 Å². The van der Waals surface area contributed by atoms with Crippen LogP contribution in [0.2, 0.25) is 19.6 Å². The van der Waals surface area contributed by atoms with E-state index in [1.54, 1.807) is 18.4 Å². The molecule has 2 rings (SSSR count). The predicted octanol–water partition coefficient (Wildman–Crippen LogP) is 3.47. The van der Waals surface area contributed by atoms with Gasteiger partial charge in [0.15, 0.2) is 0 Å². The highest BCUT2D eigenvalue weighted by Crippen LogP contribution is 2.23. The van der Waals surface area contributed by atoms with Gasteiger partial charge in [0.05, 0.1) is 30.2 Å². The molecule has 0 aliphatic rings. The minimum absolute atomic E-state index is 0.787. The Labute approximate surface area is 121 Å². The standard InChI is InChI=1S/C14H18O2S2Si/c1-16-11-5-7-12(8-6-11)18(15)13-9-10-14(17-13)19(2,3)4/h5-10H,1-4H3. The maximum Gasteiger partial charge on any atom is 0.118 e. The molecule has 0 bridgehead atoms. The van der Waals surface area contributed by atoms with E-state index in [-0.39, 0.29) is 0 Å². The van der Waals surface area contributed by atoms with Crippen LogP contribution in [0.3, 0.4) is 0 Å². The molecule has 1 aromatic heterocycles. The van der Waals surface area contributed by atoms with Gasteiger partial charge in [-0.2, -0.15) is 0 Å². The summed E-state index contributed by atoms with van der Waals surface area (Å²) in [5.74, 6) is 0.787. The second-order valence-corrected chi connectivity index (χ2v) is 13.5. The fourth-order valence-electron chi connectivity index (χ4n) is 1.64. The van der Waals surface area contributed by atoms with Crippen LogP contribution in [-0.2, 0) is 10.8 Å². The van der Waals surface area contributed by atoms with Crippen molar-refractivity contribution in [2.75, 3.05) is 7.11 Å². The van der Waals surface area contributed by atoms with Crippen molar-refractivity contribution in [3.63, 3.8) is 0 Å². The molecule has 1 heterocycles. The SMILES string of the molecule is COc1ccc(S(=O)c2ccc([Si](C)(C)C)s2)cc1. The topological polar surface area (TPSA) is 26.3 Å². The largest absolute Gasteiger partial charge is 0.497 e. The summed E-state index contributed by atoms with van der Waals surface area (Å²) in [6.07, 6.45) is 0. The van der Waals surface area contributed by atoms with Crippen LogP contribution < -0.4 is 9.24 Å². The number of hydrogen-bond donors (Lipinski definition) is 0. The van der Waals surface area contributed by atoms with Crippen molar-refractivity contribution in [3.05, 3.63) is 36.4 Å². The lowest BCUT2D eigenvalue weighted by atomic mass is 10.3. The van der Waals surface area contributed by atoms with Gasteiger partial charge < -0.3 is 4.74 Å². The summed E-state index contributed by atoms with van der Waals surface area (Å²) in [5.41, 5.74) is 0. The third kappa shape index (κ3) is 3.35. The Morgan fingerprint density at radius 2 is 1.68 bits per heavy atom. The number of hydrogen-bond acceptors (Lipinski definition) is 3. The van der Waals surface area contributed by atoms with Gasteiger partial charge in [0.25, 0.3) is 0 Å². The summed E-state index contributed by atoms with van der Waals surface area (Å²) in [5, 5.41) is 0. The highest BCUT2D eigenvalue weighted by Gasteiger charge is 2.20. The van der Waals surface area contributed by atoms with E-state index in [4.69, 9.17) is 4.74 Å². The Kier molecular flexibility index (Phi) is 4.28. The predicted molar refractivity (Wildman–Crippen MR) is 85.0 cm³/mol. The fourth-order valence-corrected chi connectivity index (χ4v) is 6.16. The minimum atomic E-state index is -1.31. The van der Waals surface area contributed by atoms with E-state index < -0.39 is 18.9 Å². The maximum atomic E-state index is 12.5. The molecule has 2 aromatic rings. The van der Waals surface area contributed by atoms with E-state index in [1.807, 2.05) is 30.3 Å². The minimum Gasteiger partial charge on any atom is -0.497 e. The second kappa shape index (κ2) is 5.61. The maximum absolute atomic E-state index is 12.5. The molecule has 2 nitrogen and oxygen atoms in total. The lowest BCUT2D eigenvalue weighted by Crippen LogP contribution is -2.34. The first kappa shape index (κ1) is 14.5. The Hall–Kier alpha value is -0.913. The smallest absolute Gasteiger partial charge is 0.118 e. The van der Waals surface area contributed by atoms with Crippen LogP contribution in [-0.4, -0.2) is 19.4 Å². The Morgan fingerprint density at radius 1 is 1.05 bits per heavy atom. The van der Waals surface area contributed by atoms with Crippen LogP contribution in [0.25, 0.3) is 0 Å². The molecular formula is C14H18O2S2Si. The van der Waals surface area contributed by atoms with Crippen LogP contribution in [0.1, 0.15) is 0 Å². The molecule has 0 aliphatic carbocycles. The molecule has 0 saturated carbocycles. The van der Waals surface area contributed by atoms with Crippen LogP contribution in [0.5, 0.6) is 5.75 Å². The van der Waals surface area contributed by atoms with E-state index in [0.717, 1.165) is 14.9 Å². The molecule has 0 fully saturated rings. The number of ether oxygens (including phenoxy) is 1. The van der Waals surface area contributed by atoms with E-state index in [2.05, 4.69) is 25.7 Å². The van der Waals surface area contributed by atoms with E-state index in [9.17, 15) is 4.21 Å². The third-order valence-corrected chi connectivity index (χ3v) is 9.16. The molecule has 0 aliphatic heterocycles. The first-order chi connectivity index (χ1) is 8.91.